The molecule has 0 aliphatic carbocycles. The van der Waals surface area contributed by atoms with E-state index >= 15 is 0 Å². The van der Waals surface area contributed by atoms with E-state index in [4.69, 9.17) is 16.3 Å². The summed E-state index contributed by atoms with van der Waals surface area (Å²) in [5.41, 5.74) is 2.92. The van der Waals surface area contributed by atoms with Crippen LogP contribution in [-0.4, -0.2) is 23.5 Å². The highest BCUT2D eigenvalue weighted by atomic mass is 35.5. The highest BCUT2D eigenvalue weighted by Crippen LogP contribution is 2.14. The number of aryl methyl sites for hydroxylation is 2. The average molecular weight is 319 g/mol. The summed E-state index contributed by atoms with van der Waals surface area (Å²) < 4.78 is 4.90. The third kappa shape index (κ3) is 4.30. The van der Waals surface area contributed by atoms with Crippen LogP contribution in [0.4, 0.5) is 5.69 Å². The van der Waals surface area contributed by atoms with Crippen molar-refractivity contribution in [3.05, 3.63) is 58.4 Å². The van der Waals surface area contributed by atoms with Gasteiger partial charge in [0.05, 0.1) is 0 Å². The fourth-order valence-electron chi connectivity index (χ4n) is 1.74. The third-order valence-electron chi connectivity index (χ3n) is 3.06. The molecular weight excluding hydrogens is 304 g/mol. The van der Waals surface area contributed by atoms with E-state index in [2.05, 4.69) is 10.3 Å². The number of anilines is 1. The van der Waals surface area contributed by atoms with Crippen LogP contribution in [0.25, 0.3) is 0 Å². The lowest BCUT2D eigenvalue weighted by molar-refractivity contribution is -0.119. The summed E-state index contributed by atoms with van der Waals surface area (Å²) in [4.78, 5) is 27.3. The minimum atomic E-state index is -0.697. The van der Waals surface area contributed by atoms with Crippen molar-refractivity contribution in [2.24, 2.45) is 0 Å². The predicted octanol–water partition coefficient (Wildman–Crippen LogP) is 3.15. The Morgan fingerprint density at radius 2 is 1.95 bits per heavy atom. The number of hydrogen-bond donors (Lipinski definition) is 1. The van der Waals surface area contributed by atoms with Gasteiger partial charge < -0.3 is 10.1 Å². The second kappa shape index (κ2) is 7.04. The van der Waals surface area contributed by atoms with Crippen molar-refractivity contribution in [2.75, 3.05) is 11.9 Å². The van der Waals surface area contributed by atoms with Gasteiger partial charge in [-0.25, -0.2) is 9.78 Å². The Hall–Kier alpha value is -2.40. The molecule has 0 atom stereocenters. The number of benzene rings is 1. The molecule has 1 N–H and O–H groups in total. The molecule has 0 aliphatic heterocycles. The number of ether oxygens (including phenoxy) is 1. The number of nitrogens with one attached hydrogen (secondary N) is 1. The Morgan fingerprint density at radius 3 is 2.64 bits per heavy atom. The van der Waals surface area contributed by atoms with Crippen LogP contribution in [0.15, 0.2) is 36.5 Å². The molecule has 2 aromatic rings. The number of nitrogens with zero attached hydrogens (tertiary/aromatic N) is 1. The first-order valence-corrected chi connectivity index (χ1v) is 6.99. The summed E-state index contributed by atoms with van der Waals surface area (Å²) in [5, 5.41) is 3.04. The minimum absolute atomic E-state index is 0.0616. The second-order valence-corrected chi connectivity index (χ2v) is 5.22. The molecule has 6 heteroatoms. The number of halogens is 1. The summed E-state index contributed by atoms with van der Waals surface area (Å²) >= 11 is 5.76. The lowest BCUT2D eigenvalue weighted by Gasteiger charge is -2.08. The van der Waals surface area contributed by atoms with Crippen LogP contribution in [0.1, 0.15) is 21.6 Å². The lowest BCUT2D eigenvalue weighted by Crippen LogP contribution is -2.21. The maximum Gasteiger partial charge on any atom is 0.357 e. The molecule has 0 saturated carbocycles. The van der Waals surface area contributed by atoms with Crippen molar-refractivity contribution < 1.29 is 14.3 Å². The third-order valence-corrected chi connectivity index (χ3v) is 3.29. The molecule has 0 radical (unpaired) electrons. The summed E-state index contributed by atoms with van der Waals surface area (Å²) in [6.07, 6.45) is 1.40. The normalized spacial score (nSPS) is 10.1. The van der Waals surface area contributed by atoms with Crippen LogP contribution in [0, 0.1) is 13.8 Å². The van der Waals surface area contributed by atoms with Crippen LogP contribution < -0.4 is 5.32 Å². The van der Waals surface area contributed by atoms with E-state index in [0.29, 0.717) is 10.7 Å². The number of hydrogen-bond acceptors (Lipinski definition) is 4. The smallest absolute Gasteiger partial charge is 0.357 e. The number of rotatable bonds is 4. The predicted molar refractivity (Wildman–Crippen MR) is 84.1 cm³/mol. The Balaban J connectivity index is 1.90. The van der Waals surface area contributed by atoms with Crippen molar-refractivity contribution in [1.82, 2.24) is 4.98 Å². The molecule has 22 heavy (non-hydrogen) atoms. The summed E-state index contributed by atoms with van der Waals surface area (Å²) in [6.45, 7) is 3.55. The van der Waals surface area contributed by atoms with Gasteiger partial charge in [-0.15, -0.1) is 0 Å². The van der Waals surface area contributed by atoms with Crippen LogP contribution in [-0.2, 0) is 9.53 Å². The van der Waals surface area contributed by atoms with E-state index in [9.17, 15) is 9.59 Å². The highest BCUT2D eigenvalue weighted by Gasteiger charge is 2.12. The monoisotopic (exact) mass is 318 g/mol. The van der Waals surface area contributed by atoms with Gasteiger partial charge in [-0.3, -0.25) is 4.79 Å². The van der Waals surface area contributed by atoms with Gasteiger partial charge in [-0.05, 0) is 49.2 Å². The van der Waals surface area contributed by atoms with E-state index in [0.717, 1.165) is 11.1 Å². The SMILES string of the molecule is Cc1ccc(NC(=O)COC(=O)c2cc(Cl)ccn2)cc1C. The number of pyridine rings is 1. The van der Waals surface area contributed by atoms with Gasteiger partial charge in [-0.2, -0.15) is 0 Å². The van der Waals surface area contributed by atoms with Crippen LogP contribution in [0.2, 0.25) is 5.02 Å². The van der Waals surface area contributed by atoms with Gasteiger partial charge >= 0.3 is 5.97 Å². The first-order chi connectivity index (χ1) is 10.5. The van der Waals surface area contributed by atoms with Crippen LogP contribution in [0.3, 0.4) is 0 Å². The number of amides is 1. The topological polar surface area (TPSA) is 68.3 Å². The summed E-state index contributed by atoms with van der Waals surface area (Å²) in [6, 6.07) is 8.48. The molecule has 0 fully saturated rings. The van der Waals surface area contributed by atoms with Crippen molar-refractivity contribution in [3.63, 3.8) is 0 Å². The molecule has 1 amide bonds. The molecule has 114 valence electrons. The van der Waals surface area contributed by atoms with Crippen LogP contribution in [0.5, 0.6) is 0 Å². The first kappa shape index (κ1) is 16.0. The van der Waals surface area contributed by atoms with Crippen molar-refractivity contribution in [3.8, 4) is 0 Å². The van der Waals surface area contributed by atoms with Gasteiger partial charge in [0, 0.05) is 16.9 Å². The molecular formula is C16H15ClN2O3. The maximum absolute atomic E-state index is 11.8. The van der Waals surface area contributed by atoms with Gasteiger partial charge in [-0.1, -0.05) is 17.7 Å². The zero-order valence-electron chi connectivity index (χ0n) is 12.2. The number of esters is 1. The minimum Gasteiger partial charge on any atom is -0.451 e. The Kier molecular flexibility index (Phi) is 5.12. The standard InChI is InChI=1S/C16H15ClN2O3/c1-10-3-4-13(7-11(10)2)19-15(20)9-22-16(21)14-8-12(17)5-6-18-14/h3-8H,9H2,1-2H3,(H,19,20). The van der Waals surface area contributed by atoms with Crippen molar-refractivity contribution >= 4 is 29.2 Å². The molecule has 0 bridgehead atoms. The first-order valence-electron chi connectivity index (χ1n) is 6.61. The Bertz CT molecular complexity index is 716. The molecule has 1 aromatic heterocycles. The van der Waals surface area contributed by atoms with E-state index in [-0.39, 0.29) is 12.3 Å². The number of carbonyl (C=O) groups excluding carboxylic acids is 2. The Labute approximate surface area is 133 Å². The highest BCUT2D eigenvalue weighted by molar-refractivity contribution is 6.30. The van der Waals surface area contributed by atoms with Crippen molar-refractivity contribution in [1.29, 1.82) is 0 Å². The summed E-state index contributed by atoms with van der Waals surface area (Å²) in [5.74, 6) is -1.11. The number of aromatic nitrogens is 1. The zero-order chi connectivity index (χ0) is 16.1. The van der Waals surface area contributed by atoms with Crippen molar-refractivity contribution in [2.45, 2.75) is 13.8 Å². The number of carbonyl (C=O) groups is 2. The fraction of sp³-hybridized carbons (Fsp3) is 0.188. The van der Waals surface area contributed by atoms with Gasteiger partial charge in [0.1, 0.15) is 5.69 Å². The second-order valence-electron chi connectivity index (χ2n) is 4.78. The molecule has 0 unspecified atom stereocenters. The fourth-order valence-corrected chi connectivity index (χ4v) is 1.90. The molecule has 5 nitrogen and oxygen atoms in total. The van der Waals surface area contributed by atoms with E-state index in [1.807, 2.05) is 26.0 Å². The quantitative estimate of drug-likeness (QED) is 0.879. The van der Waals surface area contributed by atoms with E-state index in [1.165, 1.54) is 12.3 Å². The summed E-state index contributed by atoms with van der Waals surface area (Å²) in [7, 11) is 0. The molecule has 2 rings (SSSR count). The van der Waals surface area contributed by atoms with Gasteiger partial charge in [0.2, 0.25) is 0 Å². The molecule has 0 saturated heterocycles. The Morgan fingerprint density at radius 1 is 1.18 bits per heavy atom. The molecule has 0 spiro atoms. The average Bonchev–Trinajstić information content (AvgIpc) is 2.48. The van der Waals surface area contributed by atoms with Gasteiger partial charge in [0.15, 0.2) is 6.61 Å². The van der Waals surface area contributed by atoms with E-state index in [1.54, 1.807) is 12.1 Å². The molecule has 1 aromatic carbocycles. The lowest BCUT2D eigenvalue weighted by atomic mass is 10.1. The van der Waals surface area contributed by atoms with Gasteiger partial charge in [0.25, 0.3) is 5.91 Å². The molecule has 0 aliphatic rings. The van der Waals surface area contributed by atoms with E-state index < -0.39 is 11.9 Å². The van der Waals surface area contributed by atoms with Crippen LogP contribution >= 0.6 is 11.6 Å². The molecule has 1 heterocycles. The largest absolute Gasteiger partial charge is 0.451 e. The zero-order valence-corrected chi connectivity index (χ0v) is 13.0. The maximum atomic E-state index is 11.8.